The average Bonchev–Trinajstić information content (AvgIpc) is 3.65. The molecule has 15 nitrogen and oxygen atoms in total. The summed E-state index contributed by atoms with van der Waals surface area (Å²) in [6.07, 6.45) is 1.89. The molecule has 4 aliphatic rings. The van der Waals surface area contributed by atoms with Crippen molar-refractivity contribution in [2.45, 2.75) is 50.2 Å². The first-order chi connectivity index (χ1) is 19.2. The molecule has 3 fully saturated rings. The molecule has 0 radical (unpaired) electrons. The van der Waals surface area contributed by atoms with Gasteiger partial charge >= 0.3 is 5.97 Å². The van der Waals surface area contributed by atoms with E-state index >= 15 is 0 Å². The number of aliphatic hydroxyl groups is 1. The number of thioether (sulfide) groups is 1. The summed E-state index contributed by atoms with van der Waals surface area (Å²) >= 11 is 1.44. The minimum absolute atomic E-state index is 0.00532. The zero-order valence-corrected chi connectivity index (χ0v) is 23.3. The molecule has 5 rings (SSSR count). The Bertz CT molecular complexity index is 1170. The van der Waals surface area contributed by atoms with Crippen molar-refractivity contribution in [1.82, 2.24) is 45.5 Å². The van der Waals surface area contributed by atoms with Gasteiger partial charge in [0.05, 0.1) is 24.6 Å². The Morgan fingerprint density at radius 1 is 1.25 bits per heavy atom. The van der Waals surface area contributed by atoms with Gasteiger partial charge in [-0.2, -0.15) is 0 Å². The molecule has 6 atom stereocenters. The number of fused-ring (bicyclic) bond motifs is 1. The number of amides is 3. The van der Waals surface area contributed by atoms with Gasteiger partial charge in [-0.3, -0.25) is 19.3 Å². The van der Waals surface area contributed by atoms with E-state index in [2.05, 4.69) is 31.1 Å². The third kappa shape index (κ3) is 5.44. The first-order valence-corrected chi connectivity index (χ1v) is 14.4. The zero-order chi connectivity index (χ0) is 28.6. The van der Waals surface area contributed by atoms with E-state index < -0.39 is 17.9 Å². The lowest BCUT2D eigenvalue weighted by atomic mass is 9.78. The number of nitrogens with zero attached hydrogens (tertiary/aromatic N) is 7. The van der Waals surface area contributed by atoms with Gasteiger partial charge in [-0.25, -0.2) is 9.48 Å². The van der Waals surface area contributed by atoms with Crippen molar-refractivity contribution in [2.75, 3.05) is 45.9 Å². The van der Waals surface area contributed by atoms with Crippen LogP contribution in [0.5, 0.6) is 0 Å². The fourth-order valence-electron chi connectivity index (χ4n) is 6.20. The monoisotopic (exact) mass is 577 g/mol. The lowest BCUT2D eigenvalue weighted by Crippen LogP contribution is -2.66. The van der Waals surface area contributed by atoms with Gasteiger partial charge in [0.1, 0.15) is 18.6 Å². The average molecular weight is 578 g/mol. The van der Waals surface area contributed by atoms with Gasteiger partial charge < -0.3 is 30.6 Å². The number of hydrogen-bond donors (Lipinski definition) is 4. The second-order valence-electron chi connectivity index (χ2n) is 10.7. The van der Waals surface area contributed by atoms with Gasteiger partial charge in [0.2, 0.25) is 17.7 Å². The van der Waals surface area contributed by atoms with Crippen LogP contribution in [0, 0.1) is 11.8 Å². The number of aliphatic carboxylic acids is 1. The number of tetrazole rings is 1. The van der Waals surface area contributed by atoms with Crippen LogP contribution in [0.1, 0.15) is 20.3 Å². The number of carbonyl (C=O) groups is 4. The van der Waals surface area contributed by atoms with Gasteiger partial charge in [-0.05, 0) is 23.8 Å². The van der Waals surface area contributed by atoms with Crippen molar-refractivity contribution >= 4 is 35.5 Å². The van der Waals surface area contributed by atoms with Crippen molar-refractivity contribution in [2.24, 2.45) is 11.8 Å². The third-order valence-corrected chi connectivity index (χ3v) is 9.71. The highest BCUT2D eigenvalue weighted by Gasteiger charge is 2.60. The SMILES string of the molecule is C[C@@H](NC(=O)Cn1cnnn1)[C@H]1C(=O)N2C(C(=O)O)=C(SC3CNC(C(=O)N4CCN(CCO)CC4)C3)[C@H](C)[C@H]12. The van der Waals surface area contributed by atoms with Gasteiger partial charge in [0.15, 0.2) is 0 Å². The quantitative estimate of drug-likeness (QED) is 0.216. The first kappa shape index (κ1) is 28.4. The van der Waals surface area contributed by atoms with Gasteiger partial charge in [0, 0.05) is 61.4 Å². The molecule has 1 aromatic rings. The van der Waals surface area contributed by atoms with Crippen LogP contribution >= 0.6 is 11.8 Å². The van der Waals surface area contributed by atoms with Crippen molar-refractivity contribution in [3.8, 4) is 0 Å². The van der Waals surface area contributed by atoms with E-state index in [0.29, 0.717) is 37.5 Å². The Hall–Kier alpha value is -3.08. The lowest BCUT2D eigenvalue weighted by molar-refractivity contribution is -0.158. The Balaban J connectivity index is 1.19. The smallest absolute Gasteiger partial charge is 0.353 e. The number of aliphatic hydroxyl groups excluding tert-OH is 1. The van der Waals surface area contributed by atoms with E-state index in [1.165, 1.54) is 27.7 Å². The molecule has 218 valence electrons. The molecule has 0 saturated carbocycles. The van der Waals surface area contributed by atoms with Crippen molar-refractivity contribution in [3.05, 3.63) is 16.9 Å². The molecule has 1 aromatic heterocycles. The van der Waals surface area contributed by atoms with Gasteiger partial charge in [0.25, 0.3) is 0 Å². The summed E-state index contributed by atoms with van der Waals surface area (Å²) in [5.74, 6) is -2.56. The van der Waals surface area contributed by atoms with Crippen LogP contribution in [0.2, 0.25) is 0 Å². The van der Waals surface area contributed by atoms with Crippen LogP contribution in [0.3, 0.4) is 0 Å². The topological polar surface area (TPSA) is 186 Å². The molecule has 40 heavy (non-hydrogen) atoms. The summed E-state index contributed by atoms with van der Waals surface area (Å²) in [5.41, 5.74) is 0.00532. The van der Waals surface area contributed by atoms with E-state index in [-0.39, 0.29) is 59.8 Å². The summed E-state index contributed by atoms with van der Waals surface area (Å²) in [5, 5.41) is 36.0. The number of carbonyl (C=O) groups excluding carboxylic acids is 3. The highest BCUT2D eigenvalue weighted by Crippen LogP contribution is 2.51. The fraction of sp³-hybridized carbons (Fsp3) is 0.708. The van der Waals surface area contributed by atoms with Crippen LogP contribution in [0.15, 0.2) is 16.9 Å². The lowest BCUT2D eigenvalue weighted by Gasteiger charge is -2.47. The number of piperazine rings is 1. The van der Waals surface area contributed by atoms with E-state index in [0.717, 1.165) is 13.1 Å². The number of β-lactam (4-membered cyclic amide) rings is 1. The summed E-state index contributed by atoms with van der Waals surface area (Å²) in [7, 11) is 0. The minimum Gasteiger partial charge on any atom is -0.477 e. The molecule has 4 N–H and O–H groups in total. The highest BCUT2D eigenvalue weighted by molar-refractivity contribution is 8.03. The van der Waals surface area contributed by atoms with Crippen molar-refractivity contribution in [1.29, 1.82) is 0 Å². The molecule has 3 amide bonds. The normalized spacial score (nSPS) is 29.4. The van der Waals surface area contributed by atoms with E-state index in [1.54, 1.807) is 6.92 Å². The summed E-state index contributed by atoms with van der Waals surface area (Å²) < 4.78 is 1.28. The Morgan fingerprint density at radius 3 is 2.65 bits per heavy atom. The number of carboxylic acid groups (broad SMARTS) is 1. The molecule has 0 bridgehead atoms. The summed E-state index contributed by atoms with van der Waals surface area (Å²) in [6.45, 7) is 7.53. The predicted molar refractivity (Wildman–Crippen MR) is 141 cm³/mol. The van der Waals surface area contributed by atoms with Crippen LogP contribution in [-0.2, 0) is 25.7 Å². The van der Waals surface area contributed by atoms with Crippen LogP contribution in [0.4, 0.5) is 0 Å². The minimum atomic E-state index is -1.15. The molecule has 0 spiro atoms. The molecule has 4 aliphatic heterocycles. The molecule has 0 aromatic carbocycles. The maximum Gasteiger partial charge on any atom is 0.353 e. The molecule has 16 heteroatoms. The number of β-amino-alcohol motifs (C(OH)–C–C–N with tert-alkyl or cyclic N) is 1. The Kier molecular flexibility index (Phi) is 8.39. The number of hydrogen-bond acceptors (Lipinski definition) is 11. The third-order valence-electron chi connectivity index (χ3n) is 8.20. The fourth-order valence-corrected chi connectivity index (χ4v) is 7.68. The first-order valence-electron chi connectivity index (χ1n) is 13.5. The number of rotatable bonds is 10. The van der Waals surface area contributed by atoms with Crippen molar-refractivity contribution < 1.29 is 29.4 Å². The Labute approximate surface area is 235 Å². The maximum absolute atomic E-state index is 13.2. The molecular formula is C24H35N9O6S. The van der Waals surface area contributed by atoms with Crippen LogP contribution in [-0.4, -0.2) is 138 Å². The van der Waals surface area contributed by atoms with Crippen LogP contribution in [0.25, 0.3) is 0 Å². The zero-order valence-electron chi connectivity index (χ0n) is 22.5. The molecule has 0 aliphatic carbocycles. The second kappa shape index (κ2) is 11.8. The molecule has 3 saturated heterocycles. The van der Waals surface area contributed by atoms with E-state index in [4.69, 9.17) is 5.11 Å². The van der Waals surface area contributed by atoms with Crippen LogP contribution < -0.4 is 10.6 Å². The predicted octanol–water partition coefficient (Wildman–Crippen LogP) is -2.45. The largest absolute Gasteiger partial charge is 0.477 e. The summed E-state index contributed by atoms with van der Waals surface area (Å²) in [6, 6.07) is -1.21. The highest BCUT2D eigenvalue weighted by atomic mass is 32.2. The van der Waals surface area contributed by atoms with Gasteiger partial charge in [-0.15, -0.1) is 16.9 Å². The summed E-state index contributed by atoms with van der Waals surface area (Å²) in [4.78, 5) is 57.0. The number of nitrogens with one attached hydrogen (secondary N) is 2. The van der Waals surface area contributed by atoms with Gasteiger partial charge in [-0.1, -0.05) is 6.92 Å². The Morgan fingerprint density at radius 2 is 2.00 bits per heavy atom. The van der Waals surface area contributed by atoms with E-state index in [9.17, 15) is 24.3 Å². The molecule has 5 heterocycles. The second-order valence-corrected chi connectivity index (χ2v) is 12.1. The number of carboxylic acids is 1. The maximum atomic E-state index is 13.2. The van der Waals surface area contributed by atoms with Crippen molar-refractivity contribution in [3.63, 3.8) is 0 Å². The molecular weight excluding hydrogens is 542 g/mol. The molecule has 2 unspecified atom stereocenters. The standard InChI is InChI=1S/C24H35N9O6S/c1-13-19-18(14(2)27-17(35)11-32-12-26-28-29-32)23(37)33(19)20(24(38)39)21(13)40-15-9-16(25-10-15)22(36)31-5-3-30(4-6-31)7-8-34/h12-16,18-19,25,34H,3-11H2,1-2H3,(H,27,35)(H,38,39)/t13-,14-,15?,16?,18-,19-/m1/s1. The number of aromatic nitrogens is 4. The van der Waals surface area contributed by atoms with E-state index in [1.807, 2.05) is 11.8 Å².